The first-order chi connectivity index (χ1) is 8.56. The summed E-state index contributed by atoms with van der Waals surface area (Å²) >= 11 is 6.08. The number of carbonyl (C=O) groups is 1. The molecule has 1 rings (SSSR count). The summed E-state index contributed by atoms with van der Waals surface area (Å²) in [5.41, 5.74) is 2.15. The molecule has 18 heavy (non-hydrogen) atoms. The molecule has 1 aromatic carbocycles. The van der Waals surface area contributed by atoms with E-state index in [4.69, 9.17) is 11.6 Å². The van der Waals surface area contributed by atoms with Gasteiger partial charge in [-0.1, -0.05) is 17.7 Å². The molecule has 5 heteroatoms. The van der Waals surface area contributed by atoms with Gasteiger partial charge in [-0.05, 0) is 31.7 Å². The van der Waals surface area contributed by atoms with Crippen LogP contribution in [0.15, 0.2) is 18.2 Å². The van der Waals surface area contributed by atoms with Gasteiger partial charge in [0.25, 0.3) is 0 Å². The summed E-state index contributed by atoms with van der Waals surface area (Å²) in [6.45, 7) is 3.70. The molecule has 0 aliphatic rings. The van der Waals surface area contributed by atoms with Crippen molar-refractivity contribution in [2.45, 2.75) is 6.92 Å². The van der Waals surface area contributed by atoms with E-state index in [-0.39, 0.29) is 5.91 Å². The van der Waals surface area contributed by atoms with Crippen molar-refractivity contribution >= 4 is 23.2 Å². The van der Waals surface area contributed by atoms with Gasteiger partial charge in [0, 0.05) is 30.8 Å². The van der Waals surface area contributed by atoms with Crippen molar-refractivity contribution in [3.05, 3.63) is 28.8 Å². The summed E-state index contributed by atoms with van der Waals surface area (Å²) in [5, 5.41) is 6.42. The molecular weight excluding hydrogens is 250 g/mol. The molecule has 0 aromatic heterocycles. The van der Waals surface area contributed by atoms with Crippen molar-refractivity contribution in [3.63, 3.8) is 0 Å². The number of anilines is 1. The Bertz CT molecular complexity index is 409. The molecule has 0 saturated heterocycles. The predicted octanol–water partition coefficient (Wildman–Crippen LogP) is 1.42. The number of amides is 1. The van der Waals surface area contributed by atoms with Crippen molar-refractivity contribution in [1.29, 1.82) is 0 Å². The predicted molar refractivity (Wildman–Crippen MR) is 76.4 cm³/mol. The van der Waals surface area contributed by atoms with Crippen LogP contribution in [0.25, 0.3) is 0 Å². The molecule has 0 aliphatic carbocycles. The number of nitrogens with one attached hydrogen (secondary N) is 2. The van der Waals surface area contributed by atoms with Crippen LogP contribution in [-0.2, 0) is 4.79 Å². The molecule has 2 N–H and O–H groups in total. The Kier molecular flexibility index (Phi) is 5.95. The van der Waals surface area contributed by atoms with Crippen LogP contribution in [-0.4, -0.2) is 39.6 Å². The maximum Gasteiger partial charge on any atom is 0.234 e. The van der Waals surface area contributed by atoms with Crippen molar-refractivity contribution in [3.8, 4) is 0 Å². The zero-order chi connectivity index (χ0) is 13.5. The Morgan fingerprint density at radius 1 is 1.44 bits per heavy atom. The van der Waals surface area contributed by atoms with Crippen LogP contribution >= 0.6 is 11.6 Å². The van der Waals surface area contributed by atoms with Gasteiger partial charge in [0.1, 0.15) is 0 Å². The fourth-order valence-corrected chi connectivity index (χ4v) is 1.89. The van der Waals surface area contributed by atoms with Crippen molar-refractivity contribution in [2.75, 3.05) is 38.6 Å². The molecule has 0 spiro atoms. The summed E-state index contributed by atoms with van der Waals surface area (Å²) in [4.78, 5) is 13.4. The Balaban J connectivity index is 2.48. The molecule has 0 atom stereocenters. The third-order valence-electron chi connectivity index (χ3n) is 2.76. The van der Waals surface area contributed by atoms with E-state index in [1.807, 2.05) is 32.2 Å². The largest absolute Gasteiger partial charge is 0.373 e. The van der Waals surface area contributed by atoms with Crippen molar-refractivity contribution < 1.29 is 4.79 Å². The van der Waals surface area contributed by atoms with E-state index in [2.05, 4.69) is 15.5 Å². The maximum absolute atomic E-state index is 11.3. The summed E-state index contributed by atoms with van der Waals surface area (Å²) in [5.74, 6) is 0.00807. The number of carbonyl (C=O) groups excluding carboxylic acids is 1. The first kappa shape index (κ1) is 14.8. The minimum Gasteiger partial charge on any atom is -0.373 e. The second kappa shape index (κ2) is 7.24. The zero-order valence-electron chi connectivity index (χ0n) is 11.1. The van der Waals surface area contributed by atoms with E-state index >= 15 is 0 Å². The average Bonchev–Trinajstić information content (AvgIpc) is 2.33. The second-order valence-electron chi connectivity index (χ2n) is 4.19. The molecule has 0 aliphatic heterocycles. The molecule has 0 heterocycles. The van der Waals surface area contributed by atoms with Gasteiger partial charge in [-0.2, -0.15) is 0 Å². The highest BCUT2D eigenvalue weighted by molar-refractivity contribution is 6.31. The smallest absolute Gasteiger partial charge is 0.234 e. The highest BCUT2D eigenvalue weighted by Crippen LogP contribution is 2.25. The first-order valence-corrected chi connectivity index (χ1v) is 6.31. The number of benzene rings is 1. The fourth-order valence-electron chi connectivity index (χ4n) is 1.72. The van der Waals surface area contributed by atoms with Gasteiger partial charge in [0.05, 0.1) is 6.54 Å². The molecule has 4 nitrogen and oxygen atoms in total. The van der Waals surface area contributed by atoms with Crippen LogP contribution < -0.4 is 15.5 Å². The lowest BCUT2D eigenvalue weighted by Crippen LogP contribution is -2.37. The molecule has 0 fully saturated rings. The van der Waals surface area contributed by atoms with E-state index < -0.39 is 0 Å². The van der Waals surface area contributed by atoms with Gasteiger partial charge < -0.3 is 15.5 Å². The Hall–Kier alpha value is -1.26. The zero-order valence-corrected chi connectivity index (χ0v) is 11.8. The number of halogens is 1. The normalized spacial score (nSPS) is 10.2. The standard InChI is InChI=1S/C13H20ClN3O/c1-10-11(14)5-4-6-12(10)17(3)8-7-16-13(18)9-15-2/h4-6,15H,7-9H2,1-3H3,(H,16,18). The highest BCUT2D eigenvalue weighted by atomic mass is 35.5. The van der Waals surface area contributed by atoms with Crippen molar-refractivity contribution in [1.82, 2.24) is 10.6 Å². The molecule has 0 saturated carbocycles. The molecule has 0 unspecified atom stereocenters. The van der Waals surface area contributed by atoms with E-state index in [1.54, 1.807) is 7.05 Å². The molecule has 0 radical (unpaired) electrons. The van der Waals surface area contributed by atoms with E-state index in [1.165, 1.54) is 0 Å². The van der Waals surface area contributed by atoms with Gasteiger partial charge in [-0.25, -0.2) is 0 Å². The number of rotatable bonds is 6. The summed E-state index contributed by atoms with van der Waals surface area (Å²) in [6, 6.07) is 5.83. The Labute approximate surface area is 113 Å². The monoisotopic (exact) mass is 269 g/mol. The minimum atomic E-state index is 0.00807. The summed E-state index contributed by atoms with van der Waals surface area (Å²) < 4.78 is 0. The molecule has 1 amide bonds. The van der Waals surface area contributed by atoms with E-state index in [9.17, 15) is 4.79 Å². The third kappa shape index (κ3) is 4.20. The van der Waals surface area contributed by atoms with Gasteiger partial charge in [-0.3, -0.25) is 4.79 Å². The SMILES string of the molecule is CNCC(=O)NCCN(C)c1cccc(Cl)c1C. The van der Waals surface area contributed by atoms with Gasteiger partial charge >= 0.3 is 0 Å². The number of likely N-dealkylation sites (N-methyl/N-ethyl adjacent to an activating group) is 2. The van der Waals surface area contributed by atoms with Crippen LogP contribution in [0.4, 0.5) is 5.69 Å². The fraction of sp³-hybridized carbons (Fsp3) is 0.462. The molecule has 100 valence electrons. The lowest BCUT2D eigenvalue weighted by molar-refractivity contribution is -0.120. The lowest BCUT2D eigenvalue weighted by atomic mass is 10.2. The number of nitrogens with zero attached hydrogens (tertiary/aromatic N) is 1. The lowest BCUT2D eigenvalue weighted by Gasteiger charge is -2.22. The quantitative estimate of drug-likeness (QED) is 0.821. The molecular formula is C13H20ClN3O. The Morgan fingerprint density at radius 2 is 2.17 bits per heavy atom. The summed E-state index contributed by atoms with van der Waals surface area (Å²) in [6.07, 6.45) is 0. The van der Waals surface area contributed by atoms with Crippen LogP contribution in [0.2, 0.25) is 5.02 Å². The van der Waals surface area contributed by atoms with E-state index in [0.29, 0.717) is 13.1 Å². The van der Waals surface area contributed by atoms with Crippen LogP contribution in [0, 0.1) is 6.92 Å². The molecule has 1 aromatic rings. The first-order valence-electron chi connectivity index (χ1n) is 5.93. The van der Waals surface area contributed by atoms with Crippen molar-refractivity contribution in [2.24, 2.45) is 0 Å². The Morgan fingerprint density at radius 3 is 2.83 bits per heavy atom. The number of hydrogen-bond acceptors (Lipinski definition) is 3. The highest BCUT2D eigenvalue weighted by Gasteiger charge is 2.07. The minimum absolute atomic E-state index is 0.00807. The van der Waals surface area contributed by atoms with Gasteiger partial charge in [0.15, 0.2) is 0 Å². The van der Waals surface area contributed by atoms with Crippen LogP contribution in [0.1, 0.15) is 5.56 Å². The topological polar surface area (TPSA) is 44.4 Å². The van der Waals surface area contributed by atoms with Gasteiger partial charge in [0.2, 0.25) is 5.91 Å². The number of hydrogen-bond donors (Lipinski definition) is 2. The van der Waals surface area contributed by atoms with Crippen LogP contribution in [0.3, 0.4) is 0 Å². The van der Waals surface area contributed by atoms with Crippen LogP contribution in [0.5, 0.6) is 0 Å². The maximum atomic E-state index is 11.3. The third-order valence-corrected chi connectivity index (χ3v) is 3.17. The molecule has 0 bridgehead atoms. The average molecular weight is 270 g/mol. The summed E-state index contributed by atoms with van der Waals surface area (Å²) in [7, 11) is 3.74. The van der Waals surface area contributed by atoms with E-state index in [0.717, 1.165) is 22.8 Å². The second-order valence-corrected chi connectivity index (χ2v) is 4.59. The van der Waals surface area contributed by atoms with Gasteiger partial charge in [-0.15, -0.1) is 0 Å².